The van der Waals surface area contributed by atoms with Crippen molar-refractivity contribution in [3.63, 3.8) is 0 Å². The van der Waals surface area contributed by atoms with Crippen LogP contribution in [-0.2, 0) is 4.79 Å². The molecule has 3 heteroatoms. The molecule has 0 bridgehead atoms. The van der Waals surface area contributed by atoms with Crippen molar-refractivity contribution in [1.82, 2.24) is 10.2 Å². The molecule has 0 aromatic carbocycles. The van der Waals surface area contributed by atoms with Crippen molar-refractivity contribution in [3.05, 3.63) is 0 Å². The van der Waals surface area contributed by atoms with Crippen LogP contribution in [0.3, 0.4) is 0 Å². The highest BCUT2D eigenvalue weighted by atomic mass is 16.2. The molecule has 21 heavy (non-hydrogen) atoms. The fraction of sp³-hybridized carbons (Fsp3) is 0.944. The quantitative estimate of drug-likeness (QED) is 0.805. The zero-order valence-corrected chi connectivity index (χ0v) is 14.6. The average molecular weight is 294 g/mol. The van der Waals surface area contributed by atoms with Gasteiger partial charge in [-0.1, -0.05) is 33.6 Å². The van der Waals surface area contributed by atoms with E-state index in [2.05, 4.69) is 44.8 Å². The fourth-order valence-corrected chi connectivity index (χ4v) is 3.93. The van der Waals surface area contributed by atoms with Gasteiger partial charge in [0.2, 0.25) is 5.91 Å². The first-order valence-electron chi connectivity index (χ1n) is 8.99. The van der Waals surface area contributed by atoms with E-state index in [4.69, 9.17) is 0 Å². The normalized spacial score (nSPS) is 32.4. The van der Waals surface area contributed by atoms with Crippen LogP contribution in [0.2, 0.25) is 0 Å². The van der Waals surface area contributed by atoms with Crippen molar-refractivity contribution in [2.75, 3.05) is 0 Å². The maximum atomic E-state index is 13.0. The Kier molecular flexibility index (Phi) is 5.34. The van der Waals surface area contributed by atoms with Gasteiger partial charge in [-0.2, -0.15) is 0 Å². The lowest BCUT2D eigenvalue weighted by molar-refractivity contribution is -0.135. The molecule has 1 aliphatic heterocycles. The summed E-state index contributed by atoms with van der Waals surface area (Å²) in [6.45, 7) is 11.0. The molecule has 3 nitrogen and oxygen atoms in total. The standard InChI is InChI=1S/C18H34N2O/c1-6-18(5)17(21)20(14(4)12-11-13(2)3)16(19-18)15-9-7-8-10-15/h13-16,19H,6-12H2,1-5H3. The van der Waals surface area contributed by atoms with E-state index < -0.39 is 0 Å². The second-order valence-corrected chi connectivity index (χ2v) is 7.85. The smallest absolute Gasteiger partial charge is 0.244 e. The highest BCUT2D eigenvalue weighted by Crippen LogP contribution is 2.37. The van der Waals surface area contributed by atoms with Crippen molar-refractivity contribution < 1.29 is 4.79 Å². The molecule has 2 fully saturated rings. The maximum absolute atomic E-state index is 13.0. The molecule has 0 spiro atoms. The van der Waals surface area contributed by atoms with E-state index in [1.807, 2.05) is 0 Å². The minimum Gasteiger partial charge on any atom is -0.323 e. The van der Waals surface area contributed by atoms with Crippen LogP contribution >= 0.6 is 0 Å². The third kappa shape index (κ3) is 3.44. The summed E-state index contributed by atoms with van der Waals surface area (Å²) in [6, 6.07) is 0.353. The van der Waals surface area contributed by atoms with E-state index in [0.29, 0.717) is 23.8 Å². The van der Waals surface area contributed by atoms with Gasteiger partial charge in [0.25, 0.3) is 0 Å². The van der Waals surface area contributed by atoms with Crippen LogP contribution in [0.25, 0.3) is 0 Å². The van der Waals surface area contributed by atoms with Crippen molar-refractivity contribution >= 4 is 5.91 Å². The number of hydrogen-bond donors (Lipinski definition) is 1. The summed E-state index contributed by atoms with van der Waals surface area (Å²) in [7, 11) is 0. The highest BCUT2D eigenvalue weighted by molar-refractivity contribution is 5.88. The Morgan fingerprint density at radius 1 is 1.24 bits per heavy atom. The SMILES string of the molecule is CCC1(C)NC(C2CCCC2)N(C(C)CCC(C)C)C1=O. The van der Waals surface area contributed by atoms with E-state index in [0.717, 1.165) is 12.8 Å². The van der Waals surface area contributed by atoms with Gasteiger partial charge in [-0.05, 0) is 57.8 Å². The van der Waals surface area contributed by atoms with E-state index in [1.165, 1.54) is 32.1 Å². The zero-order valence-electron chi connectivity index (χ0n) is 14.6. The summed E-state index contributed by atoms with van der Waals surface area (Å²) < 4.78 is 0. The minimum atomic E-state index is -0.348. The van der Waals surface area contributed by atoms with Crippen LogP contribution in [0, 0.1) is 11.8 Å². The van der Waals surface area contributed by atoms with Gasteiger partial charge in [0, 0.05) is 6.04 Å². The summed E-state index contributed by atoms with van der Waals surface area (Å²) in [4.78, 5) is 15.2. The number of nitrogens with one attached hydrogen (secondary N) is 1. The monoisotopic (exact) mass is 294 g/mol. The molecule has 1 heterocycles. The molecule has 1 amide bonds. The van der Waals surface area contributed by atoms with Crippen molar-refractivity contribution in [1.29, 1.82) is 0 Å². The molecule has 2 rings (SSSR count). The highest BCUT2D eigenvalue weighted by Gasteiger charge is 2.50. The number of carbonyl (C=O) groups excluding carboxylic acids is 1. The van der Waals surface area contributed by atoms with Gasteiger partial charge in [0.1, 0.15) is 0 Å². The lowest BCUT2D eigenvalue weighted by Crippen LogP contribution is -2.47. The topological polar surface area (TPSA) is 32.3 Å². The number of amides is 1. The molecule has 1 saturated heterocycles. The summed E-state index contributed by atoms with van der Waals surface area (Å²) in [5, 5.41) is 3.70. The number of hydrogen-bond acceptors (Lipinski definition) is 2. The lowest BCUT2D eigenvalue weighted by Gasteiger charge is -2.34. The largest absolute Gasteiger partial charge is 0.323 e. The molecule has 3 atom stereocenters. The van der Waals surface area contributed by atoms with Crippen LogP contribution in [0.1, 0.15) is 79.6 Å². The molecule has 1 aliphatic carbocycles. The third-order valence-corrected chi connectivity index (χ3v) is 5.66. The van der Waals surface area contributed by atoms with E-state index in [9.17, 15) is 4.79 Å². The molecule has 1 N–H and O–H groups in total. The van der Waals surface area contributed by atoms with Crippen LogP contribution in [0.15, 0.2) is 0 Å². The Hall–Kier alpha value is -0.570. The summed E-state index contributed by atoms with van der Waals surface area (Å²) in [5.41, 5.74) is -0.348. The van der Waals surface area contributed by atoms with E-state index in [-0.39, 0.29) is 11.7 Å². The Balaban J connectivity index is 2.14. The molecule has 122 valence electrons. The minimum absolute atomic E-state index is 0.270. The van der Waals surface area contributed by atoms with Crippen molar-refractivity contribution in [3.8, 4) is 0 Å². The van der Waals surface area contributed by atoms with Crippen molar-refractivity contribution in [2.45, 2.75) is 97.3 Å². The van der Waals surface area contributed by atoms with E-state index in [1.54, 1.807) is 0 Å². The average Bonchev–Trinajstić information content (AvgIpc) is 3.05. The van der Waals surface area contributed by atoms with Gasteiger partial charge in [-0.3, -0.25) is 10.1 Å². The number of nitrogens with zero attached hydrogens (tertiary/aromatic N) is 1. The summed E-state index contributed by atoms with van der Waals surface area (Å²) in [5.74, 6) is 1.70. The molecule has 3 unspecified atom stereocenters. The second kappa shape index (κ2) is 6.68. The van der Waals surface area contributed by atoms with Gasteiger partial charge in [0.05, 0.1) is 11.7 Å². The van der Waals surface area contributed by atoms with Crippen LogP contribution < -0.4 is 5.32 Å². The maximum Gasteiger partial charge on any atom is 0.244 e. The van der Waals surface area contributed by atoms with E-state index >= 15 is 0 Å². The van der Waals surface area contributed by atoms with Gasteiger partial charge >= 0.3 is 0 Å². The number of carbonyl (C=O) groups is 1. The first-order valence-corrected chi connectivity index (χ1v) is 8.99. The van der Waals surface area contributed by atoms with Gasteiger partial charge < -0.3 is 4.90 Å². The van der Waals surface area contributed by atoms with Crippen molar-refractivity contribution in [2.24, 2.45) is 11.8 Å². The zero-order chi connectivity index (χ0) is 15.6. The first-order chi connectivity index (χ1) is 9.89. The van der Waals surface area contributed by atoms with Gasteiger partial charge in [-0.15, -0.1) is 0 Å². The van der Waals surface area contributed by atoms with Crippen LogP contribution in [0.5, 0.6) is 0 Å². The predicted molar refractivity (Wildman–Crippen MR) is 88.0 cm³/mol. The Morgan fingerprint density at radius 2 is 1.86 bits per heavy atom. The predicted octanol–water partition coefficient (Wildman–Crippen LogP) is 3.93. The Labute approximate surface area is 130 Å². The van der Waals surface area contributed by atoms with Crippen LogP contribution in [-0.4, -0.2) is 28.6 Å². The van der Waals surface area contributed by atoms with Crippen LogP contribution in [0.4, 0.5) is 0 Å². The molecule has 1 saturated carbocycles. The Morgan fingerprint density at radius 3 is 2.38 bits per heavy atom. The number of rotatable bonds is 6. The first kappa shape index (κ1) is 16.8. The molecular formula is C18H34N2O. The second-order valence-electron chi connectivity index (χ2n) is 7.85. The summed E-state index contributed by atoms with van der Waals surface area (Å²) >= 11 is 0. The summed E-state index contributed by atoms with van der Waals surface area (Å²) in [6.07, 6.45) is 8.67. The fourth-order valence-electron chi connectivity index (χ4n) is 3.93. The molecule has 0 aromatic heterocycles. The molecule has 2 aliphatic rings. The molecule has 0 radical (unpaired) electrons. The van der Waals surface area contributed by atoms with Gasteiger partial charge in [-0.25, -0.2) is 0 Å². The lowest BCUT2D eigenvalue weighted by atomic mass is 9.98. The third-order valence-electron chi connectivity index (χ3n) is 5.66. The molecular weight excluding hydrogens is 260 g/mol. The Bertz CT molecular complexity index is 362. The molecule has 0 aromatic rings. The van der Waals surface area contributed by atoms with Gasteiger partial charge in [0.15, 0.2) is 0 Å².